The van der Waals surface area contributed by atoms with Crippen LogP contribution < -0.4 is 10.2 Å². The minimum atomic E-state index is -4.80. The minimum Gasteiger partial charge on any atom is -0.369 e. The second-order valence-electron chi connectivity index (χ2n) is 8.45. The fourth-order valence-corrected chi connectivity index (χ4v) is 5.49. The molecule has 6 nitrogen and oxygen atoms in total. The Labute approximate surface area is 194 Å². The molecule has 0 saturated carbocycles. The smallest absolute Gasteiger partial charge is 0.369 e. The zero-order chi connectivity index (χ0) is 24.6. The standard InChI is InChI=1S/C20H25ClF5N3O3S/c1-33(31,32)29-10-2-4-13(12-29)27-18(30)14-5-6-15(20(24,25)26)16(21)17(14)28-9-3-7-19(22,23)8-11-28/h5-6,13H,2-4,7-12H2,1H3,(H,27,30). The van der Waals surface area contributed by atoms with E-state index in [2.05, 4.69) is 5.32 Å². The highest BCUT2D eigenvalue weighted by molar-refractivity contribution is 7.88. The summed E-state index contributed by atoms with van der Waals surface area (Å²) in [7, 11) is -3.47. The number of halogens is 6. The van der Waals surface area contributed by atoms with Crippen LogP contribution in [0.3, 0.4) is 0 Å². The number of hydrogen-bond acceptors (Lipinski definition) is 4. The molecule has 2 saturated heterocycles. The minimum absolute atomic E-state index is 0.0161. The zero-order valence-corrected chi connectivity index (χ0v) is 19.5. The molecule has 33 heavy (non-hydrogen) atoms. The SMILES string of the molecule is CS(=O)(=O)N1CCCC(NC(=O)c2ccc(C(F)(F)F)c(Cl)c2N2CCCC(F)(F)CC2)C1. The largest absolute Gasteiger partial charge is 0.417 e. The number of sulfonamides is 1. The van der Waals surface area contributed by atoms with Crippen molar-refractivity contribution in [3.8, 4) is 0 Å². The van der Waals surface area contributed by atoms with Gasteiger partial charge in [0.1, 0.15) is 0 Å². The first kappa shape index (κ1) is 26.0. The van der Waals surface area contributed by atoms with Crippen molar-refractivity contribution in [2.75, 3.05) is 37.3 Å². The molecule has 1 amide bonds. The number of benzene rings is 1. The highest BCUT2D eigenvalue weighted by Crippen LogP contribution is 2.43. The highest BCUT2D eigenvalue weighted by atomic mass is 35.5. The summed E-state index contributed by atoms with van der Waals surface area (Å²) in [6.07, 6.45) is -3.72. The lowest BCUT2D eigenvalue weighted by atomic mass is 10.0. The van der Waals surface area contributed by atoms with Crippen LogP contribution in [0.25, 0.3) is 0 Å². The lowest BCUT2D eigenvalue weighted by Gasteiger charge is -2.32. The maximum Gasteiger partial charge on any atom is 0.417 e. The molecule has 0 radical (unpaired) electrons. The van der Waals surface area contributed by atoms with Gasteiger partial charge in [0.2, 0.25) is 15.9 Å². The van der Waals surface area contributed by atoms with Crippen molar-refractivity contribution in [2.45, 2.75) is 50.2 Å². The van der Waals surface area contributed by atoms with Gasteiger partial charge in [-0.15, -0.1) is 0 Å². The van der Waals surface area contributed by atoms with E-state index in [9.17, 15) is 35.2 Å². The first-order chi connectivity index (χ1) is 15.2. The normalized spacial score (nSPS) is 22.6. The maximum absolute atomic E-state index is 13.9. The van der Waals surface area contributed by atoms with E-state index in [0.29, 0.717) is 25.5 Å². The Morgan fingerprint density at radius 1 is 1.15 bits per heavy atom. The summed E-state index contributed by atoms with van der Waals surface area (Å²) in [4.78, 5) is 14.4. The molecule has 0 aromatic heterocycles. The molecule has 186 valence electrons. The van der Waals surface area contributed by atoms with Crippen LogP contribution in [0.4, 0.5) is 27.6 Å². The van der Waals surface area contributed by atoms with Crippen LogP contribution in [-0.4, -0.2) is 63.0 Å². The molecule has 2 fully saturated rings. The van der Waals surface area contributed by atoms with Crippen molar-refractivity contribution in [2.24, 2.45) is 0 Å². The zero-order valence-electron chi connectivity index (χ0n) is 17.9. The average Bonchev–Trinajstić information content (AvgIpc) is 2.86. The van der Waals surface area contributed by atoms with Crippen molar-refractivity contribution in [1.82, 2.24) is 9.62 Å². The molecule has 2 aliphatic rings. The lowest BCUT2D eigenvalue weighted by Crippen LogP contribution is -2.49. The summed E-state index contributed by atoms with van der Waals surface area (Å²) in [5, 5.41) is 1.95. The molecule has 2 aliphatic heterocycles. The van der Waals surface area contributed by atoms with Crippen LogP contribution in [0.15, 0.2) is 12.1 Å². The van der Waals surface area contributed by atoms with Crippen molar-refractivity contribution < 1.29 is 35.2 Å². The predicted molar refractivity (Wildman–Crippen MR) is 114 cm³/mol. The highest BCUT2D eigenvalue weighted by Gasteiger charge is 2.38. The first-order valence-corrected chi connectivity index (χ1v) is 12.7. The van der Waals surface area contributed by atoms with E-state index in [4.69, 9.17) is 11.6 Å². The van der Waals surface area contributed by atoms with Gasteiger partial charge < -0.3 is 10.2 Å². The number of rotatable bonds is 4. The third-order valence-corrected chi connectivity index (χ3v) is 7.54. The summed E-state index contributed by atoms with van der Waals surface area (Å²) >= 11 is 6.11. The van der Waals surface area contributed by atoms with Crippen molar-refractivity contribution in [3.05, 3.63) is 28.3 Å². The van der Waals surface area contributed by atoms with Gasteiger partial charge in [-0.05, 0) is 31.4 Å². The number of carbonyl (C=O) groups is 1. The van der Waals surface area contributed by atoms with Gasteiger partial charge in [0.25, 0.3) is 5.91 Å². The predicted octanol–water partition coefficient (Wildman–Crippen LogP) is 4.14. The molecule has 1 N–H and O–H groups in total. The van der Waals surface area contributed by atoms with Gasteiger partial charge in [-0.3, -0.25) is 4.79 Å². The van der Waals surface area contributed by atoms with Crippen molar-refractivity contribution in [1.29, 1.82) is 0 Å². The number of nitrogens with one attached hydrogen (secondary N) is 1. The van der Waals surface area contributed by atoms with Crippen LogP contribution in [0.5, 0.6) is 0 Å². The Hall–Kier alpha value is -1.66. The van der Waals surface area contributed by atoms with Crippen molar-refractivity contribution in [3.63, 3.8) is 0 Å². The number of carbonyl (C=O) groups excluding carboxylic acids is 1. The second-order valence-corrected chi connectivity index (χ2v) is 10.8. The third-order valence-electron chi connectivity index (χ3n) is 5.89. The molecule has 0 bridgehead atoms. The topological polar surface area (TPSA) is 69.7 Å². The van der Waals surface area contributed by atoms with E-state index in [1.807, 2.05) is 0 Å². The van der Waals surface area contributed by atoms with E-state index >= 15 is 0 Å². The number of alkyl halides is 5. The number of nitrogens with zero attached hydrogens (tertiary/aromatic N) is 2. The summed E-state index contributed by atoms with van der Waals surface area (Å²) in [5.74, 6) is -3.69. The van der Waals surface area contributed by atoms with Crippen LogP contribution in [-0.2, 0) is 16.2 Å². The van der Waals surface area contributed by atoms with Gasteiger partial charge in [0.05, 0.1) is 28.1 Å². The summed E-state index contributed by atoms with van der Waals surface area (Å²) in [5.41, 5.74) is -1.57. The van der Waals surface area contributed by atoms with E-state index in [0.717, 1.165) is 12.3 Å². The van der Waals surface area contributed by atoms with E-state index < -0.39 is 57.5 Å². The molecular formula is C20H25ClF5N3O3S. The lowest BCUT2D eigenvalue weighted by molar-refractivity contribution is -0.137. The first-order valence-electron chi connectivity index (χ1n) is 10.5. The van der Waals surface area contributed by atoms with Gasteiger partial charge >= 0.3 is 6.18 Å². The molecule has 0 aliphatic carbocycles. The van der Waals surface area contributed by atoms with Crippen LogP contribution in [0.1, 0.15) is 48.0 Å². The van der Waals surface area contributed by atoms with Gasteiger partial charge in [0, 0.05) is 45.1 Å². The van der Waals surface area contributed by atoms with Gasteiger partial charge in [-0.2, -0.15) is 13.2 Å². The van der Waals surface area contributed by atoms with Crippen LogP contribution in [0, 0.1) is 0 Å². The molecule has 0 spiro atoms. The summed E-state index contributed by atoms with van der Waals surface area (Å²) in [6, 6.07) is 1.12. The molecule has 1 aromatic rings. The Kier molecular flexibility index (Phi) is 7.50. The second kappa shape index (κ2) is 9.53. The molecule has 3 rings (SSSR count). The molecule has 1 unspecified atom stereocenters. The Balaban J connectivity index is 1.94. The van der Waals surface area contributed by atoms with Crippen LogP contribution in [0.2, 0.25) is 5.02 Å². The Bertz CT molecular complexity index is 1000. The van der Waals surface area contributed by atoms with Gasteiger partial charge in [-0.25, -0.2) is 21.5 Å². The van der Waals surface area contributed by atoms with Gasteiger partial charge in [-0.1, -0.05) is 11.6 Å². The molecule has 13 heteroatoms. The fourth-order valence-electron chi connectivity index (χ4n) is 4.19. The number of anilines is 1. The number of hydrogen-bond donors (Lipinski definition) is 1. The molecule has 1 atom stereocenters. The third kappa shape index (κ3) is 6.27. The van der Waals surface area contributed by atoms with E-state index in [-0.39, 0.29) is 37.3 Å². The quantitative estimate of drug-likeness (QED) is 0.610. The van der Waals surface area contributed by atoms with E-state index in [1.165, 1.54) is 9.21 Å². The maximum atomic E-state index is 13.9. The number of amides is 1. The molecular weight excluding hydrogens is 493 g/mol. The number of piperidine rings is 1. The fraction of sp³-hybridized carbons (Fsp3) is 0.650. The van der Waals surface area contributed by atoms with Crippen molar-refractivity contribution >= 4 is 33.2 Å². The van der Waals surface area contributed by atoms with Crippen LogP contribution >= 0.6 is 11.6 Å². The van der Waals surface area contributed by atoms with Gasteiger partial charge in [0.15, 0.2) is 0 Å². The molecule has 1 aromatic carbocycles. The Morgan fingerprint density at radius 3 is 2.48 bits per heavy atom. The summed E-state index contributed by atoms with van der Waals surface area (Å²) < 4.78 is 93.0. The average molecular weight is 518 g/mol. The monoisotopic (exact) mass is 517 g/mol. The summed E-state index contributed by atoms with van der Waals surface area (Å²) in [6.45, 7) is 0.0938. The molecule has 2 heterocycles. The van der Waals surface area contributed by atoms with E-state index in [1.54, 1.807) is 0 Å². The Morgan fingerprint density at radius 2 is 1.85 bits per heavy atom.